The molecular formula is C21H22N2O3S. The zero-order chi connectivity index (χ0) is 18.8. The zero-order valence-corrected chi connectivity index (χ0v) is 16.2. The number of nitrogens with zero attached hydrogens (tertiary/aromatic N) is 1. The fourth-order valence-corrected chi connectivity index (χ4v) is 3.95. The van der Waals surface area contributed by atoms with Gasteiger partial charge in [0.2, 0.25) is 0 Å². The number of fused-ring (bicyclic) bond motifs is 2. The molecule has 0 radical (unpaired) electrons. The predicted molar refractivity (Wildman–Crippen MR) is 107 cm³/mol. The van der Waals surface area contributed by atoms with Crippen molar-refractivity contribution in [3.63, 3.8) is 0 Å². The Bertz CT molecular complexity index is 967. The maximum Gasteiger partial charge on any atom is 0.251 e. The Morgan fingerprint density at radius 2 is 1.93 bits per heavy atom. The second kappa shape index (κ2) is 7.56. The fourth-order valence-electron chi connectivity index (χ4n) is 3.23. The molecule has 1 aromatic heterocycles. The van der Waals surface area contributed by atoms with Crippen molar-refractivity contribution in [3.05, 3.63) is 53.0 Å². The molecule has 0 saturated heterocycles. The highest BCUT2D eigenvalue weighted by Crippen LogP contribution is 2.34. The fraction of sp³-hybridized carbons (Fsp3) is 0.333. The van der Waals surface area contributed by atoms with Crippen LogP contribution in [0.15, 0.2) is 41.9 Å². The summed E-state index contributed by atoms with van der Waals surface area (Å²) in [6, 6.07) is 11.4. The highest BCUT2D eigenvalue weighted by atomic mass is 32.1. The van der Waals surface area contributed by atoms with E-state index in [1.165, 1.54) is 11.3 Å². The highest BCUT2D eigenvalue weighted by Gasteiger charge is 2.22. The maximum absolute atomic E-state index is 12.9. The SMILES string of the molecule is CC(C)C(NC(=O)c1ccc2ncsc2c1)c1ccc2c(c1)OCCCO2. The van der Waals surface area contributed by atoms with Crippen molar-refractivity contribution in [2.24, 2.45) is 5.92 Å². The van der Waals surface area contributed by atoms with Crippen molar-refractivity contribution >= 4 is 27.5 Å². The van der Waals surface area contributed by atoms with E-state index < -0.39 is 0 Å². The molecule has 140 valence electrons. The molecule has 1 atom stereocenters. The molecule has 4 rings (SSSR count). The molecule has 6 heteroatoms. The van der Waals surface area contributed by atoms with Crippen molar-refractivity contribution in [2.75, 3.05) is 13.2 Å². The van der Waals surface area contributed by atoms with E-state index in [-0.39, 0.29) is 17.9 Å². The molecule has 0 saturated carbocycles. The Morgan fingerprint density at radius 3 is 2.74 bits per heavy atom. The summed E-state index contributed by atoms with van der Waals surface area (Å²) in [7, 11) is 0. The van der Waals surface area contributed by atoms with E-state index in [9.17, 15) is 4.79 Å². The van der Waals surface area contributed by atoms with Crippen LogP contribution in [0.2, 0.25) is 0 Å². The summed E-state index contributed by atoms with van der Waals surface area (Å²) in [5.41, 5.74) is 4.37. The van der Waals surface area contributed by atoms with Crippen molar-refractivity contribution in [1.29, 1.82) is 0 Å². The van der Waals surface area contributed by atoms with E-state index in [0.717, 1.165) is 33.7 Å². The number of nitrogens with one attached hydrogen (secondary N) is 1. The topological polar surface area (TPSA) is 60.5 Å². The van der Waals surface area contributed by atoms with Crippen LogP contribution in [0, 0.1) is 5.92 Å². The molecule has 1 N–H and O–H groups in total. The monoisotopic (exact) mass is 382 g/mol. The molecule has 1 unspecified atom stereocenters. The van der Waals surface area contributed by atoms with Crippen LogP contribution in [0.5, 0.6) is 11.5 Å². The van der Waals surface area contributed by atoms with Gasteiger partial charge in [-0.3, -0.25) is 4.79 Å². The second-order valence-corrected chi connectivity index (χ2v) is 7.87. The number of carbonyl (C=O) groups is 1. The van der Waals surface area contributed by atoms with Crippen LogP contribution in [0.3, 0.4) is 0 Å². The lowest BCUT2D eigenvalue weighted by Crippen LogP contribution is -2.31. The minimum Gasteiger partial charge on any atom is -0.490 e. The van der Waals surface area contributed by atoms with Crippen LogP contribution in [0.1, 0.15) is 42.2 Å². The third-order valence-corrected chi connectivity index (χ3v) is 5.47. The molecule has 0 bridgehead atoms. The maximum atomic E-state index is 12.9. The van der Waals surface area contributed by atoms with Gasteiger partial charge in [0, 0.05) is 12.0 Å². The smallest absolute Gasteiger partial charge is 0.251 e. The van der Waals surface area contributed by atoms with Gasteiger partial charge in [0.25, 0.3) is 5.91 Å². The molecule has 0 spiro atoms. The molecule has 3 aromatic rings. The van der Waals surface area contributed by atoms with Gasteiger partial charge in [-0.25, -0.2) is 4.98 Å². The van der Waals surface area contributed by atoms with Crippen LogP contribution in [0.25, 0.3) is 10.2 Å². The molecular weight excluding hydrogens is 360 g/mol. The van der Waals surface area contributed by atoms with E-state index in [1.807, 2.05) is 36.4 Å². The first-order chi connectivity index (χ1) is 13.1. The Kier molecular flexibility index (Phi) is 4.99. The minimum absolute atomic E-state index is 0.0869. The predicted octanol–water partition coefficient (Wildman–Crippen LogP) is 4.58. The average Bonchev–Trinajstić information content (AvgIpc) is 3.01. The summed E-state index contributed by atoms with van der Waals surface area (Å²) in [6.45, 7) is 5.50. The van der Waals surface area contributed by atoms with Crippen LogP contribution < -0.4 is 14.8 Å². The van der Waals surface area contributed by atoms with Crippen LogP contribution in [-0.2, 0) is 0 Å². The Labute approximate surface area is 162 Å². The summed E-state index contributed by atoms with van der Waals surface area (Å²) >= 11 is 1.54. The van der Waals surface area contributed by atoms with Gasteiger partial charge in [-0.05, 0) is 41.8 Å². The molecule has 1 aliphatic rings. The van der Waals surface area contributed by atoms with Gasteiger partial charge in [0.1, 0.15) is 0 Å². The van der Waals surface area contributed by atoms with E-state index >= 15 is 0 Å². The highest BCUT2D eigenvalue weighted by molar-refractivity contribution is 7.16. The Morgan fingerprint density at radius 1 is 1.11 bits per heavy atom. The van der Waals surface area contributed by atoms with Gasteiger partial charge in [0.05, 0.1) is 35.0 Å². The van der Waals surface area contributed by atoms with Crippen LogP contribution >= 0.6 is 11.3 Å². The number of thiazole rings is 1. The Hall–Kier alpha value is -2.60. The van der Waals surface area contributed by atoms with Crippen LogP contribution in [0.4, 0.5) is 0 Å². The first-order valence-electron chi connectivity index (χ1n) is 9.15. The minimum atomic E-state index is -0.119. The second-order valence-electron chi connectivity index (χ2n) is 6.99. The van der Waals surface area contributed by atoms with Gasteiger partial charge < -0.3 is 14.8 Å². The summed E-state index contributed by atoms with van der Waals surface area (Å²) in [5.74, 6) is 1.65. The number of hydrogen-bond donors (Lipinski definition) is 1. The van der Waals surface area contributed by atoms with Crippen molar-refractivity contribution in [3.8, 4) is 11.5 Å². The van der Waals surface area contributed by atoms with Gasteiger partial charge in [-0.2, -0.15) is 0 Å². The first-order valence-corrected chi connectivity index (χ1v) is 10.0. The molecule has 5 nitrogen and oxygen atoms in total. The largest absolute Gasteiger partial charge is 0.490 e. The zero-order valence-electron chi connectivity index (χ0n) is 15.4. The molecule has 1 aliphatic heterocycles. The van der Waals surface area contributed by atoms with Gasteiger partial charge >= 0.3 is 0 Å². The standard InChI is InChI=1S/C21H22N2O3S/c1-13(2)20(14-5-7-17-18(10-14)26-9-3-8-25-17)23-21(24)15-4-6-16-19(11-15)27-12-22-16/h4-7,10-13,20H,3,8-9H2,1-2H3,(H,23,24). The molecule has 2 aromatic carbocycles. The Balaban J connectivity index is 1.59. The average molecular weight is 382 g/mol. The molecule has 0 fully saturated rings. The molecule has 1 amide bonds. The quantitative estimate of drug-likeness (QED) is 0.717. The molecule has 0 aliphatic carbocycles. The van der Waals surface area contributed by atoms with Crippen molar-refractivity contribution < 1.29 is 14.3 Å². The lowest BCUT2D eigenvalue weighted by atomic mass is 9.95. The van der Waals surface area contributed by atoms with Gasteiger partial charge in [-0.15, -0.1) is 11.3 Å². The summed E-state index contributed by atoms with van der Waals surface area (Å²) in [4.78, 5) is 17.1. The number of carbonyl (C=O) groups excluding carboxylic acids is 1. The first kappa shape index (κ1) is 17.8. The summed E-state index contributed by atoms with van der Waals surface area (Å²) in [5, 5.41) is 3.18. The van der Waals surface area contributed by atoms with E-state index in [4.69, 9.17) is 9.47 Å². The van der Waals surface area contributed by atoms with Crippen molar-refractivity contribution in [1.82, 2.24) is 10.3 Å². The third kappa shape index (κ3) is 3.76. The number of rotatable bonds is 4. The number of amides is 1. The number of benzene rings is 2. The number of aromatic nitrogens is 1. The number of hydrogen-bond acceptors (Lipinski definition) is 5. The van der Waals surface area contributed by atoms with Gasteiger partial charge in [-0.1, -0.05) is 19.9 Å². The molecule has 2 heterocycles. The van der Waals surface area contributed by atoms with Crippen molar-refractivity contribution in [2.45, 2.75) is 26.3 Å². The van der Waals surface area contributed by atoms with E-state index in [1.54, 1.807) is 5.51 Å². The summed E-state index contributed by atoms with van der Waals surface area (Å²) < 4.78 is 12.5. The van der Waals surface area contributed by atoms with E-state index in [2.05, 4.69) is 24.1 Å². The van der Waals surface area contributed by atoms with E-state index in [0.29, 0.717) is 18.8 Å². The third-order valence-electron chi connectivity index (χ3n) is 4.68. The van der Waals surface area contributed by atoms with Crippen LogP contribution in [-0.4, -0.2) is 24.1 Å². The lowest BCUT2D eigenvalue weighted by Gasteiger charge is -2.24. The summed E-state index contributed by atoms with van der Waals surface area (Å²) in [6.07, 6.45) is 0.869. The van der Waals surface area contributed by atoms with Gasteiger partial charge in [0.15, 0.2) is 11.5 Å². The lowest BCUT2D eigenvalue weighted by molar-refractivity contribution is 0.0925. The normalized spacial score (nSPS) is 14.8. The number of ether oxygens (including phenoxy) is 2. The molecule has 27 heavy (non-hydrogen) atoms.